The number of imidazole rings is 1. The van der Waals surface area contributed by atoms with Crippen LogP contribution in [0.3, 0.4) is 0 Å². The van der Waals surface area contributed by atoms with E-state index in [2.05, 4.69) is 31.2 Å². The van der Waals surface area contributed by atoms with Crippen molar-refractivity contribution in [2.24, 2.45) is 0 Å². The largest absolute Gasteiger partial charge is 0.444 e. The number of carbonyl (C=O) groups is 1. The van der Waals surface area contributed by atoms with Gasteiger partial charge < -0.3 is 15.0 Å². The fourth-order valence-corrected chi connectivity index (χ4v) is 2.26. The number of H-pyrrole nitrogens is 1. The van der Waals surface area contributed by atoms with Crippen LogP contribution in [0.2, 0.25) is 0 Å². The maximum atomic E-state index is 11.9. The van der Waals surface area contributed by atoms with Gasteiger partial charge in [-0.25, -0.2) is 9.78 Å². The van der Waals surface area contributed by atoms with Gasteiger partial charge in [-0.1, -0.05) is 15.9 Å². The highest BCUT2D eigenvalue weighted by Gasteiger charge is 2.29. The van der Waals surface area contributed by atoms with E-state index in [0.717, 1.165) is 15.5 Å². The lowest BCUT2D eigenvalue weighted by atomic mass is 10.1. The topological polar surface area (TPSA) is 67.0 Å². The highest BCUT2D eigenvalue weighted by molar-refractivity contribution is 9.10. The van der Waals surface area contributed by atoms with Crippen molar-refractivity contribution in [3.63, 3.8) is 0 Å². The number of halogens is 1. The number of nitrogens with zero attached hydrogens (tertiary/aromatic N) is 1. The lowest BCUT2D eigenvalue weighted by Gasteiger charge is -2.27. The minimum absolute atomic E-state index is 0.464. The fraction of sp³-hybridized carbons (Fsp3) is 0.467. The van der Waals surface area contributed by atoms with Crippen LogP contribution in [-0.4, -0.2) is 21.7 Å². The minimum Gasteiger partial charge on any atom is -0.444 e. The zero-order valence-electron chi connectivity index (χ0n) is 12.9. The first kappa shape index (κ1) is 15.8. The molecule has 0 bridgehead atoms. The number of hydrogen-bond acceptors (Lipinski definition) is 3. The van der Waals surface area contributed by atoms with E-state index in [-0.39, 0.29) is 0 Å². The van der Waals surface area contributed by atoms with Crippen molar-refractivity contribution in [3.05, 3.63) is 28.5 Å². The zero-order valence-corrected chi connectivity index (χ0v) is 14.5. The first-order valence-electron chi connectivity index (χ1n) is 6.74. The van der Waals surface area contributed by atoms with Crippen molar-refractivity contribution in [1.82, 2.24) is 15.3 Å². The Hall–Kier alpha value is -1.56. The number of alkyl carbamates (subject to hydrolysis) is 1. The minimum atomic E-state index is -0.659. The number of hydrogen-bond donors (Lipinski definition) is 2. The number of aromatic amines is 1. The van der Waals surface area contributed by atoms with Crippen molar-refractivity contribution in [1.29, 1.82) is 0 Å². The highest BCUT2D eigenvalue weighted by Crippen LogP contribution is 2.23. The summed E-state index contributed by atoms with van der Waals surface area (Å²) in [6.07, 6.45) is -0.464. The van der Waals surface area contributed by atoms with Crippen molar-refractivity contribution >= 4 is 33.1 Å². The maximum Gasteiger partial charge on any atom is 0.408 e. The molecule has 0 spiro atoms. The number of carbonyl (C=O) groups excluding carboxylic acids is 1. The number of amides is 1. The second kappa shape index (κ2) is 5.33. The van der Waals surface area contributed by atoms with E-state index in [4.69, 9.17) is 4.74 Å². The molecular formula is C15H20BrN3O2. The summed E-state index contributed by atoms with van der Waals surface area (Å²) in [5, 5.41) is 2.84. The number of aromatic nitrogens is 2. The third kappa shape index (κ3) is 3.97. The molecule has 2 N–H and O–H groups in total. The fourth-order valence-electron chi connectivity index (χ4n) is 1.90. The third-order valence-corrected chi connectivity index (χ3v) is 3.34. The molecule has 21 heavy (non-hydrogen) atoms. The molecule has 6 heteroatoms. The molecule has 0 aliphatic carbocycles. The first-order valence-corrected chi connectivity index (χ1v) is 7.53. The molecule has 0 saturated carbocycles. The summed E-state index contributed by atoms with van der Waals surface area (Å²) in [5.74, 6) is 0.682. The van der Waals surface area contributed by atoms with Crippen LogP contribution in [-0.2, 0) is 10.3 Å². The molecule has 0 unspecified atom stereocenters. The van der Waals surface area contributed by atoms with Gasteiger partial charge in [-0.3, -0.25) is 0 Å². The van der Waals surface area contributed by atoms with Crippen LogP contribution in [0.5, 0.6) is 0 Å². The van der Waals surface area contributed by atoms with E-state index in [1.54, 1.807) is 0 Å². The molecule has 5 nitrogen and oxygen atoms in total. The van der Waals surface area contributed by atoms with Gasteiger partial charge in [-0.2, -0.15) is 0 Å². The van der Waals surface area contributed by atoms with Gasteiger partial charge in [-0.05, 0) is 52.8 Å². The van der Waals surface area contributed by atoms with Gasteiger partial charge in [0.05, 0.1) is 16.6 Å². The first-order chi connectivity index (χ1) is 9.57. The standard InChI is InChI=1S/C15H20BrN3O2/c1-14(2,3)21-13(20)19-15(4,5)12-17-10-7-6-9(16)8-11(10)18-12/h6-8H,1-5H3,(H,17,18)(H,19,20). The molecule has 0 fully saturated rings. The molecule has 0 atom stereocenters. The second-order valence-corrected chi connectivity index (χ2v) is 7.41. The maximum absolute atomic E-state index is 11.9. The molecule has 0 radical (unpaired) electrons. The number of benzene rings is 1. The molecule has 0 saturated heterocycles. The Morgan fingerprint density at radius 2 is 1.95 bits per heavy atom. The molecule has 2 rings (SSSR count). The Morgan fingerprint density at radius 1 is 1.29 bits per heavy atom. The van der Waals surface area contributed by atoms with Crippen LogP contribution in [0.1, 0.15) is 40.4 Å². The summed E-state index contributed by atoms with van der Waals surface area (Å²) < 4.78 is 6.26. The van der Waals surface area contributed by atoms with E-state index < -0.39 is 17.2 Å². The third-order valence-electron chi connectivity index (χ3n) is 2.85. The van der Waals surface area contributed by atoms with Crippen LogP contribution < -0.4 is 5.32 Å². The van der Waals surface area contributed by atoms with Crippen LogP contribution in [0.4, 0.5) is 4.79 Å². The van der Waals surface area contributed by atoms with Crippen molar-refractivity contribution in [2.75, 3.05) is 0 Å². The number of ether oxygens (including phenoxy) is 1. The summed E-state index contributed by atoms with van der Waals surface area (Å²) >= 11 is 3.43. The molecule has 1 aromatic carbocycles. The summed E-state index contributed by atoms with van der Waals surface area (Å²) in [6.45, 7) is 9.25. The molecule has 0 aliphatic heterocycles. The normalized spacial score (nSPS) is 12.5. The Morgan fingerprint density at radius 3 is 2.57 bits per heavy atom. The number of fused-ring (bicyclic) bond motifs is 1. The average Bonchev–Trinajstić information content (AvgIpc) is 2.68. The van der Waals surface area contributed by atoms with Gasteiger partial charge >= 0.3 is 6.09 Å². The van der Waals surface area contributed by atoms with Crippen LogP contribution in [0.15, 0.2) is 22.7 Å². The highest BCUT2D eigenvalue weighted by atomic mass is 79.9. The van der Waals surface area contributed by atoms with E-state index >= 15 is 0 Å². The van der Waals surface area contributed by atoms with Crippen LogP contribution in [0, 0.1) is 0 Å². The second-order valence-electron chi connectivity index (χ2n) is 6.50. The molecular weight excluding hydrogens is 334 g/mol. The predicted octanol–water partition coefficient (Wildman–Crippen LogP) is 4.09. The van der Waals surface area contributed by atoms with Gasteiger partial charge in [0.2, 0.25) is 0 Å². The Balaban J connectivity index is 2.22. The van der Waals surface area contributed by atoms with Gasteiger partial charge in [0.15, 0.2) is 0 Å². The monoisotopic (exact) mass is 353 g/mol. The molecule has 1 aromatic heterocycles. The molecule has 114 valence electrons. The van der Waals surface area contributed by atoms with Crippen molar-refractivity contribution in [2.45, 2.75) is 45.8 Å². The summed E-state index contributed by atoms with van der Waals surface area (Å²) in [5.41, 5.74) is 0.581. The molecule has 1 amide bonds. The van der Waals surface area contributed by atoms with E-state index in [1.807, 2.05) is 52.8 Å². The van der Waals surface area contributed by atoms with Gasteiger partial charge in [0.25, 0.3) is 0 Å². The molecule has 0 aliphatic rings. The predicted molar refractivity (Wildman–Crippen MR) is 86.2 cm³/mol. The number of rotatable bonds is 2. The average molecular weight is 354 g/mol. The summed E-state index contributed by atoms with van der Waals surface area (Å²) in [4.78, 5) is 19.7. The van der Waals surface area contributed by atoms with Gasteiger partial charge in [-0.15, -0.1) is 0 Å². The lowest BCUT2D eigenvalue weighted by Crippen LogP contribution is -2.44. The van der Waals surface area contributed by atoms with Crippen LogP contribution >= 0.6 is 15.9 Å². The quantitative estimate of drug-likeness (QED) is 0.854. The SMILES string of the molecule is CC(C)(C)OC(=O)NC(C)(C)c1nc2ccc(Br)cc2[nH]1. The summed E-state index contributed by atoms with van der Waals surface area (Å²) in [7, 11) is 0. The number of nitrogens with one attached hydrogen (secondary N) is 2. The molecule has 2 aromatic rings. The van der Waals surface area contributed by atoms with Gasteiger partial charge in [0, 0.05) is 4.47 Å². The van der Waals surface area contributed by atoms with E-state index in [0.29, 0.717) is 5.82 Å². The van der Waals surface area contributed by atoms with Crippen molar-refractivity contribution < 1.29 is 9.53 Å². The van der Waals surface area contributed by atoms with Crippen molar-refractivity contribution in [3.8, 4) is 0 Å². The van der Waals surface area contributed by atoms with Crippen LogP contribution in [0.25, 0.3) is 11.0 Å². The Bertz CT molecular complexity index is 671. The smallest absolute Gasteiger partial charge is 0.408 e. The van der Waals surface area contributed by atoms with Gasteiger partial charge in [0.1, 0.15) is 11.4 Å². The lowest BCUT2D eigenvalue weighted by molar-refractivity contribution is 0.0466. The summed E-state index contributed by atoms with van der Waals surface area (Å²) in [6, 6.07) is 5.81. The Labute approximate surface area is 132 Å². The Kier molecular flexibility index (Phi) is 4.02. The van der Waals surface area contributed by atoms with E-state index in [1.165, 1.54) is 0 Å². The van der Waals surface area contributed by atoms with E-state index in [9.17, 15) is 4.79 Å². The zero-order chi connectivity index (χ0) is 15.8. The molecule has 1 heterocycles.